The lowest BCUT2D eigenvalue weighted by Gasteiger charge is -2.14. The molecule has 3 aromatic rings. The van der Waals surface area contributed by atoms with E-state index in [2.05, 4.69) is 56.9 Å². The predicted octanol–water partition coefficient (Wildman–Crippen LogP) is 4.53. The van der Waals surface area contributed by atoms with Crippen molar-refractivity contribution in [2.45, 2.75) is 18.9 Å². The van der Waals surface area contributed by atoms with Crippen LogP contribution in [0.3, 0.4) is 0 Å². The number of hydrogen-bond acceptors (Lipinski definition) is 5. The summed E-state index contributed by atoms with van der Waals surface area (Å²) < 4.78 is 0. The highest BCUT2D eigenvalue weighted by atomic mass is 15.2. The first-order valence-electron chi connectivity index (χ1n) is 8.93. The number of rotatable bonds is 6. The van der Waals surface area contributed by atoms with E-state index in [1.165, 1.54) is 18.5 Å². The topological polar surface area (TPSA) is 53.1 Å². The fourth-order valence-electron chi connectivity index (χ4n) is 2.73. The van der Waals surface area contributed by atoms with Crippen molar-refractivity contribution in [3.05, 3.63) is 60.7 Å². The highest BCUT2D eigenvalue weighted by Crippen LogP contribution is 2.27. The Morgan fingerprint density at radius 3 is 2.31 bits per heavy atom. The Hall–Kier alpha value is -3.08. The Morgan fingerprint density at radius 2 is 1.65 bits per heavy atom. The molecule has 1 saturated carbocycles. The molecule has 1 aliphatic carbocycles. The third kappa shape index (κ3) is 3.94. The standard InChI is InChI=1S/C21H23N5/c1-26(2)18-12-10-16(11-13-18)22-20-14-19(15-6-4-3-5-7-15)24-21(25-20)23-17-8-9-17/h3-7,10-14,17H,8-9H2,1-2H3,(H2,22,23,24,25). The van der Waals surface area contributed by atoms with E-state index < -0.39 is 0 Å². The van der Waals surface area contributed by atoms with Crippen molar-refractivity contribution >= 4 is 23.1 Å². The molecule has 0 spiro atoms. The van der Waals surface area contributed by atoms with Gasteiger partial charge in [0.2, 0.25) is 5.95 Å². The molecule has 2 N–H and O–H groups in total. The molecule has 132 valence electrons. The average molecular weight is 345 g/mol. The van der Waals surface area contributed by atoms with Gasteiger partial charge in [0, 0.05) is 43.1 Å². The molecule has 0 amide bonds. The summed E-state index contributed by atoms with van der Waals surface area (Å²) in [6, 6.07) is 21.0. The second kappa shape index (κ2) is 7.04. The molecule has 2 aromatic carbocycles. The highest BCUT2D eigenvalue weighted by Gasteiger charge is 2.22. The van der Waals surface area contributed by atoms with Crippen molar-refractivity contribution in [2.75, 3.05) is 29.6 Å². The molecule has 1 aromatic heterocycles. The summed E-state index contributed by atoms with van der Waals surface area (Å²) in [4.78, 5) is 11.4. The fraction of sp³-hybridized carbons (Fsp3) is 0.238. The third-order valence-electron chi connectivity index (χ3n) is 4.36. The number of hydrogen-bond donors (Lipinski definition) is 2. The lowest BCUT2D eigenvalue weighted by molar-refractivity contribution is 1.06. The van der Waals surface area contributed by atoms with E-state index in [4.69, 9.17) is 4.98 Å². The molecule has 1 aliphatic rings. The van der Waals surface area contributed by atoms with Gasteiger partial charge in [0.25, 0.3) is 0 Å². The van der Waals surface area contributed by atoms with Crippen molar-refractivity contribution in [1.82, 2.24) is 9.97 Å². The van der Waals surface area contributed by atoms with Crippen molar-refractivity contribution in [2.24, 2.45) is 0 Å². The minimum Gasteiger partial charge on any atom is -0.378 e. The summed E-state index contributed by atoms with van der Waals surface area (Å²) in [6.45, 7) is 0. The molecule has 0 bridgehead atoms. The van der Waals surface area contributed by atoms with Gasteiger partial charge in [-0.2, -0.15) is 4.98 Å². The molecule has 1 fully saturated rings. The van der Waals surface area contributed by atoms with E-state index in [9.17, 15) is 0 Å². The molecule has 0 unspecified atom stereocenters. The maximum Gasteiger partial charge on any atom is 0.225 e. The van der Waals surface area contributed by atoms with Crippen molar-refractivity contribution in [1.29, 1.82) is 0 Å². The fourth-order valence-corrected chi connectivity index (χ4v) is 2.73. The average Bonchev–Trinajstić information content (AvgIpc) is 3.47. The van der Waals surface area contributed by atoms with Gasteiger partial charge >= 0.3 is 0 Å². The number of aromatic nitrogens is 2. The molecule has 4 rings (SSSR count). The molecule has 5 heteroatoms. The van der Waals surface area contributed by atoms with Crippen LogP contribution in [0.2, 0.25) is 0 Å². The zero-order chi connectivity index (χ0) is 17.9. The second-order valence-corrected chi connectivity index (χ2v) is 6.81. The molecule has 0 radical (unpaired) electrons. The largest absolute Gasteiger partial charge is 0.378 e. The molecule has 1 heterocycles. The van der Waals surface area contributed by atoms with Crippen LogP contribution >= 0.6 is 0 Å². The smallest absolute Gasteiger partial charge is 0.225 e. The van der Waals surface area contributed by atoms with Crippen molar-refractivity contribution < 1.29 is 0 Å². The van der Waals surface area contributed by atoms with Gasteiger partial charge in [-0.25, -0.2) is 4.98 Å². The van der Waals surface area contributed by atoms with Crippen LogP contribution in [0.5, 0.6) is 0 Å². The van der Waals surface area contributed by atoms with Crippen LogP contribution in [-0.4, -0.2) is 30.1 Å². The number of anilines is 4. The normalized spacial score (nSPS) is 13.3. The van der Waals surface area contributed by atoms with Gasteiger partial charge < -0.3 is 15.5 Å². The number of nitrogens with one attached hydrogen (secondary N) is 2. The van der Waals surface area contributed by atoms with Gasteiger partial charge in [-0.05, 0) is 37.1 Å². The molecule has 0 saturated heterocycles. The summed E-state index contributed by atoms with van der Waals surface area (Å²) >= 11 is 0. The highest BCUT2D eigenvalue weighted by molar-refractivity contribution is 5.68. The van der Waals surface area contributed by atoms with Crippen LogP contribution in [0.1, 0.15) is 12.8 Å². The van der Waals surface area contributed by atoms with Crippen molar-refractivity contribution in [3.63, 3.8) is 0 Å². The van der Waals surface area contributed by atoms with E-state index in [1.54, 1.807) is 0 Å². The summed E-state index contributed by atoms with van der Waals surface area (Å²) in [7, 11) is 4.07. The van der Waals surface area contributed by atoms with Gasteiger partial charge in [-0.15, -0.1) is 0 Å². The van der Waals surface area contributed by atoms with Crippen LogP contribution in [0.15, 0.2) is 60.7 Å². The Morgan fingerprint density at radius 1 is 0.923 bits per heavy atom. The van der Waals surface area contributed by atoms with Crippen LogP contribution in [-0.2, 0) is 0 Å². The monoisotopic (exact) mass is 345 g/mol. The number of nitrogens with zero attached hydrogens (tertiary/aromatic N) is 3. The lowest BCUT2D eigenvalue weighted by atomic mass is 10.1. The van der Waals surface area contributed by atoms with E-state index in [0.29, 0.717) is 12.0 Å². The Bertz CT molecular complexity index is 871. The predicted molar refractivity (Wildman–Crippen MR) is 108 cm³/mol. The van der Waals surface area contributed by atoms with Crippen molar-refractivity contribution in [3.8, 4) is 11.3 Å². The minimum atomic E-state index is 0.508. The van der Waals surface area contributed by atoms with Gasteiger partial charge in [0.1, 0.15) is 5.82 Å². The number of benzene rings is 2. The summed E-state index contributed by atoms with van der Waals surface area (Å²) in [5, 5.41) is 6.81. The van der Waals surface area contributed by atoms with E-state index in [-0.39, 0.29) is 0 Å². The lowest BCUT2D eigenvalue weighted by Crippen LogP contribution is -2.09. The first-order valence-corrected chi connectivity index (χ1v) is 8.93. The second-order valence-electron chi connectivity index (χ2n) is 6.81. The van der Waals surface area contributed by atoms with Crippen LogP contribution in [0.25, 0.3) is 11.3 Å². The molecule has 26 heavy (non-hydrogen) atoms. The molecule has 0 atom stereocenters. The summed E-state index contributed by atoms with van der Waals surface area (Å²) in [5.41, 5.74) is 4.17. The molecular formula is C21H23N5. The SMILES string of the molecule is CN(C)c1ccc(Nc2cc(-c3ccccc3)nc(NC3CC3)n2)cc1. The third-order valence-corrected chi connectivity index (χ3v) is 4.36. The zero-order valence-electron chi connectivity index (χ0n) is 15.1. The van der Waals surface area contributed by atoms with Crippen LogP contribution in [0.4, 0.5) is 23.1 Å². The van der Waals surface area contributed by atoms with E-state index in [0.717, 1.165) is 22.8 Å². The first kappa shape index (κ1) is 16.4. The van der Waals surface area contributed by atoms with Gasteiger partial charge in [-0.3, -0.25) is 0 Å². The Balaban J connectivity index is 1.63. The Kier molecular flexibility index (Phi) is 4.44. The van der Waals surface area contributed by atoms with Gasteiger partial charge in [0.15, 0.2) is 0 Å². The first-order chi connectivity index (χ1) is 12.7. The Labute approximate surface area is 154 Å². The molecule has 0 aliphatic heterocycles. The zero-order valence-corrected chi connectivity index (χ0v) is 15.1. The van der Waals surface area contributed by atoms with Crippen LogP contribution < -0.4 is 15.5 Å². The minimum absolute atomic E-state index is 0.508. The summed E-state index contributed by atoms with van der Waals surface area (Å²) in [6.07, 6.45) is 2.38. The summed E-state index contributed by atoms with van der Waals surface area (Å²) in [5.74, 6) is 1.47. The van der Waals surface area contributed by atoms with E-state index >= 15 is 0 Å². The quantitative estimate of drug-likeness (QED) is 0.687. The van der Waals surface area contributed by atoms with Crippen LogP contribution in [0, 0.1) is 0 Å². The molecular weight excluding hydrogens is 322 g/mol. The maximum atomic E-state index is 4.69. The molecule has 5 nitrogen and oxygen atoms in total. The maximum absolute atomic E-state index is 4.69. The van der Waals surface area contributed by atoms with Gasteiger partial charge in [0.05, 0.1) is 5.69 Å². The van der Waals surface area contributed by atoms with E-state index in [1.807, 2.05) is 38.4 Å². The van der Waals surface area contributed by atoms with Gasteiger partial charge in [-0.1, -0.05) is 30.3 Å².